The van der Waals surface area contributed by atoms with Crippen LogP contribution in [0.3, 0.4) is 0 Å². The number of rotatable bonds is 7. The molecule has 164 valence electrons. The van der Waals surface area contributed by atoms with E-state index in [1.807, 2.05) is 43.3 Å². The number of methoxy groups -OCH3 is 1. The Morgan fingerprint density at radius 3 is 2.45 bits per heavy atom. The summed E-state index contributed by atoms with van der Waals surface area (Å²) in [6.45, 7) is 3.23. The third-order valence-electron chi connectivity index (χ3n) is 4.53. The van der Waals surface area contributed by atoms with Crippen molar-refractivity contribution < 1.29 is 13.9 Å². The van der Waals surface area contributed by atoms with Crippen LogP contribution in [0.5, 0.6) is 5.75 Å². The van der Waals surface area contributed by atoms with Gasteiger partial charge in [-0.25, -0.2) is 0 Å². The molecule has 0 aliphatic rings. The highest BCUT2D eigenvalue weighted by molar-refractivity contribution is 14.0. The van der Waals surface area contributed by atoms with E-state index in [4.69, 9.17) is 9.15 Å². The van der Waals surface area contributed by atoms with Gasteiger partial charge >= 0.3 is 0 Å². The van der Waals surface area contributed by atoms with Crippen LogP contribution in [-0.2, 0) is 13.1 Å². The Balaban J connectivity index is 0.00000341. The van der Waals surface area contributed by atoms with Crippen LogP contribution >= 0.6 is 24.0 Å². The van der Waals surface area contributed by atoms with E-state index in [1.54, 1.807) is 26.3 Å². The maximum absolute atomic E-state index is 12.0. The van der Waals surface area contributed by atoms with Gasteiger partial charge in [0.15, 0.2) is 11.7 Å². The number of carbonyl (C=O) groups is 1. The average Bonchev–Trinajstić information content (AvgIpc) is 3.31. The molecule has 8 heteroatoms. The molecule has 0 radical (unpaired) electrons. The molecule has 1 aromatic heterocycles. The van der Waals surface area contributed by atoms with Gasteiger partial charge in [0.05, 0.1) is 13.4 Å². The number of halogens is 1. The van der Waals surface area contributed by atoms with Crippen LogP contribution in [0.1, 0.15) is 27.2 Å². The highest BCUT2D eigenvalue weighted by atomic mass is 127. The Morgan fingerprint density at radius 1 is 1.06 bits per heavy atom. The summed E-state index contributed by atoms with van der Waals surface area (Å²) in [6, 6.07) is 17.0. The highest BCUT2D eigenvalue weighted by Gasteiger charge is 2.09. The number of ether oxygens (including phenoxy) is 1. The second-order valence-corrected chi connectivity index (χ2v) is 6.72. The maximum Gasteiger partial charge on any atom is 0.291 e. The van der Waals surface area contributed by atoms with Crippen molar-refractivity contribution in [3.05, 3.63) is 83.3 Å². The largest absolute Gasteiger partial charge is 0.496 e. The number of aryl methyl sites for hydroxylation is 1. The lowest BCUT2D eigenvalue weighted by Crippen LogP contribution is -2.36. The molecule has 0 saturated heterocycles. The van der Waals surface area contributed by atoms with Crippen molar-refractivity contribution in [3.63, 3.8) is 0 Å². The van der Waals surface area contributed by atoms with Gasteiger partial charge in [-0.3, -0.25) is 9.79 Å². The molecule has 0 atom stereocenters. The molecule has 0 saturated carbocycles. The number of nitrogens with one attached hydrogen (secondary N) is 3. The molecule has 1 heterocycles. The Labute approximate surface area is 199 Å². The Hall–Kier alpha value is -3.01. The van der Waals surface area contributed by atoms with Gasteiger partial charge in [-0.1, -0.05) is 24.3 Å². The number of amides is 1. The molecule has 3 rings (SSSR count). The van der Waals surface area contributed by atoms with Crippen molar-refractivity contribution in [2.45, 2.75) is 20.0 Å². The van der Waals surface area contributed by atoms with Gasteiger partial charge in [-0.15, -0.1) is 24.0 Å². The number of furan rings is 1. The first-order valence-electron chi connectivity index (χ1n) is 9.61. The molecule has 0 spiro atoms. The van der Waals surface area contributed by atoms with Gasteiger partial charge in [0.1, 0.15) is 5.75 Å². The zero-order chi connectivity index (χ0) is 21.3. The summed E-state index contributed by atoms with van der Waals surface area (Å²) in [5, 5.41) is 9.38. The molecule has 2 aromatic carbocycles. The third-order valence-corrected chi connectivity index (χ3v) is 4.53. The van der Waals surface area contributed by atoms with Gasteiger partial charge in [-0.05, 0) is 48.4 Å². The van der Waals surface area contributed by atoms with Gasteiger partial charge in [0.25, 0.3) is 5.91 Å². The number of hydrogen-bond donors (Lipinski definition) is 3. The second-order valence-electron chi connectivity index (χ2n) is 6.72. The normalized spacial score (nSPS) is 10.7. The smallest absolute Gasteiger partial charge is 0.291 e. The first kappa shape index (κ1) is 24.3. The lowest BCUT2D eigenvalue weighted by Gasteiger charge is -2.14. The molecule has 31 heavy (non-hydrogen) atoms. The number of benzene rings is 2. The van der Waals surface area contributed by atoms with Gasteiger partial charge in [0, 0.05) is 31.4 Å². The minimum atomic E-state index is -0.276. The third kappa shape index (κ3) is 7.02. The fraction of sp³-hybridized carbons (Fsp3) is 0.217. The van der Waals surface area contributed by atoms with Crippen LogP contribution < -0.4 is 20.7 Å². The summed E-state index contributed by atoms with van der Waals surface area (Å²) < 4.78 is 10.5. The van der Waals surface area contributed by atoms with Gasteiger partial charge < -0.3 is 25.1 Å². The van der Waals surface area contributed by atoms with E-state index >= 15 is 0 Å². The summed E-state index contributed by atoms with van der Waals surface area (Å²) in [5.74, 6) is 1.54. The summed E-state index contributed by atoms with van der Waals surface area (Å²) >= 11 is 0. The molecule has 0 aliphatic heterocycles. The van der Waals surface area contributed by atoms with Crippen molar-refractivity contribution in [2.24, 2.45) is 4.99 Å². The number of carbonyl (C=O) groups excluding carboxylic acids is 1. The Bertz CT molecular complexity index is 1000. The SMILES string of the molecule is CN=C(NCc1ccc(NC(=O)c2ccco2)cc1)NCc1ccc(C)cc1OC.I. The van der Waals surface area contributed by atoms with Crippen molar-refractivity contribution in [1.82, 2.24) is 10.6 Å². The van der Waals surface area contributed by atoms with Gasteiger partial charge in [0.2, 0.25) is 0 Å². The Morgan fingerprint density at radius 2 is 1.81 bits per heavy atom. The van der Waals surface area contributed by atoms with Crippen LogP contribution in [0, 0.1) is 6.92 Å². The molecule has 0 fully saturated rings. The summed E-state index contributed by atoms with van der Waals surface area (Å²) in [4.78, 5) is 16.3. The molecule has 3 aromatic rings. The maximum atomic E-state index is 12.0. The average molecular weight is 534 g/mol. The molecule has 0 unspecified atom stereocenters. The van der Waals surface area contributed by atoms with E-state index in [2.05, 4.69) is 27.0 Å². The van der Waals surface area contributed by atoms with E-state index in [-0.39, 0.29) is 35.6 Å². The van der Waals surface area contributed by atoms with Crippen molar-refractivity contribution in [1.29, 1.82) is 0 Å². The quantitative estimate of drug-likeness (QED) is 0.239. The fourth-order valence-corrected chi connectivity index (χ4v) is 2.89. The van der Waals surface area contributed by atoms with Crippen LogP contribution in [0.2, 0.25) is 0 Å². The van der Waals surface area contributed by atoms with E-state index in [9.17, 15) is 4.79 Å². The van der Waals surface area contributed by atoms with Crippen LogP contribution in [-0.4, -0.2) is 26.0 Å². The summed E-state index contributed by atoms with van der Waals surface area (Å²) in [5.41, 5.74) is 3.97. The molecule has 0 bridgehead atoms. The van der Waals surface area contributed by atoms with Crippen LogP contribution in [0.15, 0.2) is 70.3 Å². The number of hydrogen-bond acceptors (Lipinski definition) is 4. The predicted molar refractivity (Wildman–Crippen MR) is 133 cm³/mol. The monoisotopic (exact) mass is 534 g/mol. The first-order valence-corrected chi connectivity index (χ1v) is 9.61. The van der Waals surface area contributed by atoms with E-state index < -0.39 is 0 Å². The topological polar surface area (TPSA) is 87.9 Å². The fourth-order valence-electron chi connectivity index (χ4n) is 2.89. The van der Waals surface area contributed by atoms with Gasteiger partial charge in [-0.2, -0.15) is 0 Å². The number of aliphatic imine (C=N–C) groups is 1. The number of anilines is 1. The Kier molecular flexibility index (Phi) is 9.39. The second kappa shape index (κ2) is 12.0. The summed E-state index contributed by atoms with van der Waals surface area (Å²) in [7, 11) is 3.40. The first-order chi connectivity index (χ1) is 14.6. The minimum absolute atomic E-state index is 0. The van der Waals surface area contributed by atoms with Crippen LogP contribution in [0.4, 0.5) is 5.69 Å². The lowest BCUT2D eigenvalue weighted by molar-refractivity contribution is 0.0996. The van der Waals surface area contributed by atoms with Crippen LogP contribution in [0.25, 0.3) is 0 Å². The van der Waals surface area contributed by atoms with E-state index in [0.717, 1.165) is 22.4 Å². The van der Waals surface area contributed by atoms with E-state index in [1.165, 1.54) is 6.26 Å². The predicted octanol–water partition coefficient (Wildman–Crippen LogP) is 4.33. The molecule has 1 amide bonds. The standard InChI is InChI=1S/C23H26N4O3.HI/c1-16-6-9-18(21(13-16)29-3)15-26-23(24-2)25-14-17-7-10-19(11-8-17)27-22(28)20-5-4-12-30-20;/h4-13H,14-15H2,1-3H3,(H,27,28)(H2,24,25,26);1H. The molecule has 3 N–H and O–H groups in total. The molecule has 7 nitrogen and oxygen atoms in total. The molecular weight excluding hydrogens is 507 g/mol. The van der Waals surface area contributed by atoms with Crippen molar-refractivity contribution in [3.8, 4) is 5.75 Å². The zero-order valence-corrected chi connectivity index (χ0v) is 20.1. The molecule has 0 aliphatic carbocycles. The van der Waals surface area contributed by atoms with E-state index in [0.29, 0.717) is 24.7 Å². The number of guanidine groups is 1. The highest BCUT2D eigenvalue weighted by Crippen LogP contribution is 2.19. The minimum Gasteiger partial charge on any atom is -0.496 e. The number of nitrogens with zero attached hydrogens (tertiary/aromatic N) is 1. The van der Waals surface area contributed by atoms with Crippen molar-refractivity contribution >= 4 is 41.5 Å². The lowest BCUT2D eigenvalue weighted by atomic mass is 10.1. The summed E-state index contributed by atoms with van der Waals surface area (Å²) in [6.07, 6.45) is 1.47. The van der Waals surface area contributed by atoms with Crippen molar-refractivity contribution in [2.75, 3.05) is 19.5 Å². The molecular formula is C23H27IN4O3. The zero-order valence-electron chi connectivity index (χ0n) is 17.8.